The number of nitrogens with zero attached hydrogens (tertiary/aromatic N) is 2. The molecule has 1 N–H and O–H groups in total. The first-order valence-electron chi connectivity index (χ1n) is 8.13. The average molecular weight is 251 g/mol. The van der Waals surface area contributed by atoms with E-state index in [4.69, 9.17) is 0 Å². The first-order chi connectivity index (χ1) is 8.93. The molecule has 3 aliphatic rings. The summed E-state index contributed by atoms with van der Waals surface area (Å²) in [5.74, 6) is 0. The molecule has 0 radical (unpaired) electrons. The Balaban J connectivity index is 1.45. The lowest BCUT2D eigenvalue weighted by molar-refractivity contribution is 0.160. The van der Waals surface area contributed by atoms with Gasteiger partial charge in [-0.2, -0.15) is 0 Å². The Kier molecular flexibility index (Phi) is 4.55. The monoisotopic (exact) mass is 251 g/mol. The number of rotatable bonds is 4. The van der Waals surface area contributed by atoms with Gasteiger partial charge in [-0.05, 0) is 64.7 Å². The number of nitrogens with one attached hydrogen (secondary N) is 1. The van der Waals surface area contributed by atoms with Crippen LogP contribution >= 0.6 is 0 Å². The van der Waals surface area contributed by atoms with Crippen LogP contribution in [-0.2, 0) is 0 Å². The fraction of sp³-hybridized carbons (Fsp3) is 1.00. The molecule has 3 fully saturated rings. The summed E-state index contributed by atoms with van der Waals surface area (Å²) in [5.41, 5.74) is 0. The third-order valence-corrected chi connectivity index (χ3v) is 5.13. The maximum absolute atomic E-state index is 3.71. The van der Waals surface area contributed by atoms with E-state index >= 15 is 0 Å². The molecule has 0 aromatic heterocycles. The van der Waals surface area contributed by atoms with Crippen molar-refractivity contribution in [2.24, 2.45) is 0 Å². The van der Waals surface area contributed by atoms with Crippen LogP contribution in [0.15, 0.2) is 0 Å². The summed E-state index contributed by atoms with van der Waals surface area (Å²) in [7, 11) is 0. The minimum Gasteiger partial charge on any atom is -0.312 e. The van der Waals surface area contributed by atoms with E-state index in [0.717, 1.165) is 12.1 Å². The SMILES string of the molecule is C1CCN(CCN2CCCC2C2CCCN2)CC1. The van der Waals surface area contributed by atoms with Gasteiger partial charge in [0.05, 0.1) is 0 Å². The molecule has 0 bridgehead atoms. The van der Waals surface area contributed by atoms with E-state index in [2.05, 4.69) is 15.1 Å². The van der Waals surface area contributed by atoms with Gasteiger partial charge in [-0.15, -0.1) is 0 Å². The van der Waals surface area contributed by atoms with Crippen LogP contribution in [0.4, 0.5) is 0 Å². The lowest BCUT2D eigenvalue weighted by Gasteiger charge is -2.33. The summed E-state index contributed by atoms with van der Waals surface area (Å²) in [6.07, 6.45) is 9.95. The Labute approximate surface area is 112 Å². The largest absolute Gasteiger partial charge is 0.312 e. The predicted molar refractivity (Wildman–Crippen MR) is 75.9 cm³/mol. The van der Waals surface area contributed by atoms with E-state index in [9.17, 15) is 0 Å². The molecule has 0 aromatic carbocycles. The first-order valence-corrected chi connectivity index (χ1v) is 8.13. The van der Waals surface area contributed by atoms with Crippen LogP contribution in [-0.4, -0.2) is 61.2 Å². The molecule has 3 heteroatoms. The molecular formula is C15H29N3. The smallest absolute Gasteiger partial charge is 0.0250 e. The van der Waals surface area contributed by atoms with E-state index < -0.39 is 0 Å². The number of hydrogen-bond acceptors (Lipinski definition) is 3. The zero-order valence-corrected chi connectivity index (χ0v) is 11.7. The number of likely N-dealkylation sites (tertiary alicyclic amines) is 2. The zero-order valence-electron chi connectivity index (χ0n) is 11.7. The summed E-state index contributed by atoms with van der Waals surface area (Å²) >= 11 is 0. The van der Waals surface area contributed by atoms with Gasteiger partial charge in [-0.3, -0.25) is 4.90 Å². The Morgan fingerprint density at radius 3 is 2.50 bits per heavy atom. The molecule has 3 rings (SSSR count). The van der Waals surface area contributed by atoms with E-state index in [1.54, 1.807) is 0 Å². The van der Waals surface area contributed by atoms with Crippen molar-refractivity contribution in [1.82, 2.24) is 15.1 Å². The average Bonchev–Trinajstić information content (AvgIpc) is 3.08. The standard InChI is InChI=1S/C15H29N3/c1-2-9-17(10-3-1)12-13-18-11-5-7-15(18)14-6-4-8-16-14/h14-16H,1-13H2. The van der Waals surface area contributed by atoms with Crippen molar-refractivity contribution in [3.8, 4) is 0 Å². The topological polar surface area (TPSA) is 18.5 Å². The lowest BCUT2D eigenvalue weighted by Crippen LogP contribution is -2.46. The van der Waals surface area contributed by atoms with E-state index in [-0.39, 0.29) is 0 Å². The molecule has 2 atom stereocenters. The molecule has 3 nitrogen and oxygen atoms in total. The highest BCUT2D eigenvalue weighted by molar-refractivity contribution is 4.92. The fourth-order valence-corrected chi connectivity index (χ4v) is 4.08. The van der Waals surface area contributed by atoms with Crippen LogP contribution < -0.4 is 5.32 Å². The van der Waals surface area contributed by atoms with Gasteiger partial charge < -0.3 is 10.2 Å². The first kappa shape index (κ1) is 12.9. The van der Waals surface area contributed by atoms with Crippen LogP contribution in [0.5, 0.6) is 0 Å². The minimum absolute atomic E-state index is 0.800. The number of hydrogen-bond donors (Lipinski definition) is 1. The van der Waals surface area contributed by atoms with Crippen LogP contribution in [0.25, 0.3) is 0 Å². The molecule has 104 valence electrons. The Bertz CT molecular complexity index is 244. The molecule has 2 unspecified atom stereocenters. The lowest BCUT2D eigenvalue weighted by atomic mass is 10.0. The van der Waals surface area contributed by atoms with Gasteiger partial charge in [0.25, 0.3) is 0 Å². The van der Waals surface area contributed by atoms with Gasteiger partial charge >= 0.3 is 0 Å². The second-order valence-electron chi connectivity index (χ2n) is 6.35. The van der Waals surface area contributed by atoms with Crippen LogP contribution in [0, 0.1) is 0 Å². The molecule has 0 aromatic rings. The molecule has 3 saturated heterocycles. The summed E-state index contributed by atoms with van der Waals surface area (Å²) in [6, 6.07) is 1.64. The van der Waals surface area contributed by atoms with Crippen LogP contribution in [0.3, 0.4) is 0 Å². The van der Waals surface area contributed by atoms with Gasteiger partial charge in [0.15, 0.2) is 0 Å². The van der Waals surface area contributed by atoms with Crippen molar-refractivity contribution in [1.29, 1.82) is 0 Å². The van der Waals surface area contributed by atoms with Gasteiger partial charge in [0, 0.05) is 25.2 Å². The van der Waals surface area contributed by atoms with E-state index in [1.807, 2.05) is 0 Å². The van der Waals surface area contributed by atoms with Gasteiger partial charge in [-0.25, -0.2) is 0 Å². The summed E-state index contributed by atoms with van der Waals surface area (Å²) in [4.78, 5) is 5.46. The maximum atomic E-state index is 3.71. The van der Waals surface area contributed by atoms with Crippen LogP contribution in [0.1, 0.15) is 44.9 Å². The van der Waals surface area contributed by atoms with Crippen molar-refractivity contribution in [2.45, 2.75) is 57.0 Å². The number of piperidine rings is 1. The Morgan fingerprint density at radius 1 is 0.833 bits per heavy atom. The quantitative estimate of drug-likeness (QED) is 0.820. The minimum atomic E-state index is 0.800. The molecule has 3 aliphatic heterocycles. The van der Waals surface area contributed by atoms with Gasteiger partial charge in [0.2, 0.25) is 0 Å². The highest BCUT2D eigenvalue weighted by atomic mass is 15.2. The highest BCUT2D eigenvalue weighted by Gasteiger charge is 2.32. The van der Waals surface area contributed by atoms with Crippen molar-refractivity contribution >= 4 is 0 Å². The Morgan fingerprint density at radius 2 is 1.72 bits per heavy atom. The predicted octanol–water partition coefficient (Wildman–Crippen LogP) is 1.69. The van der Waals surface area contributed by atoms with Crippen molar-refractivity contribution < 1.29 is 0 Å². The van der Waals surface area contributed by atoms with Crippen molar-refractivity contribution in [3.63, 3.8) is 0 Å². The third kappa shape index (κ3) is 3.06. The normalized spacial score (nSPS) is 35.3. The van der Waals surface area contributed by atoms with Gasteiger partial charge in [0.1, 0.15) is 0 Å². The summed E-state index contributed by atoms with van der Waals surface area (Å²) < 4.78 is 0. The highest BCUT2D eigenvalue weighted by Crippen LogP contribution is 2.24. The summed E-state index contributed by atoms with van der Waals surface area (Å²) in [6.45, 7) is 7.91. The zero-order chi connectivity index (χ0) is 12.2. The maximum Gasteiger partial charge on any atom is 0.0250 e. The molecule has 0 amide bonds. The van der Waals surface area contributed by atoms with Gasteiger partial charge in [-0.1, -0.05) is 6.42 Å². The second kappa shape index (κ2) is 6.36. The molecule has 18 heavy (non-hydrogen) atoms. The van der Waals surface area contributed by atoms with Crippen LogP contribution in [0.2, 0.25) is 0 Å². The second-order valence-corrected chi connectivity index (χ2v) is 6.35. The molecular weight excluding hydrogens is 222 g/mol. The molecule has 0 aliphatic carbocycles. The van der Waals surface area contributed by atoms with E-state index in [0.29, 0.717) is 0 Å². The summed E-state index contributed by atoms with van der Waals surface area (Å²) in [5, 5.41) is 3.71. The Hall–Kier alpha value is -0.120. The third-order valence-electron chi connectivity index (χ3n) is 5.13. The molecule has 0 saturated carbocycles. The van der Waals surface area contributed by atoms with Crippen molar-refractivity contribution in [2.75, 3.05) is 39.3 Å². The van der Waals surface area contributed by atoms with Crippen molar-refractivity contribution in [3.05, 3.63) is 0 Å². The molecule has 0 spiro atoms. The fourth-order valence-electron chi connectivity index (χ4n) is 4.08. The molecule has 3 heterocycles. The van der Waals surface area contributed by atoms with E-state index in [1.165, 1.54) is 84.2 Å².